The summed E-state index contributed by atoms with van der Waals surface area (Å²) in [5, 5.41) is -0.262. The maximum Gasteiger partial charge on any atom is 0.274 e. The molecule has 1 aromatic heterocycles. The second-order valence-corrected chi connectivity index (χ2v) is 13.5. The van der Waals surface area contributed by atoms with Gasteiger partial charge in [-0.15, -0.1) is 0 Å². The van der Waals surface area contributed by atoms with Gasteiger partial charge in [-0.2, -0.15) is 0 Å². The molecule has 8 nitrogen and oxygen atoms in total. The lowest BCUT2D eigenvalue weighted by Gasteiger charge is -2.28. The van der Waals surface area contributed by atoms with Crippen LogP contribution < -0.4 is 0 Å². The molecule has 0 bridgehead atoms. The maximum atomic E-state index is 13.7. The molecule has 4 rings (SSSR count). The average Bonchev–Trinajstić information content (AvgIpc) is 3.19. The fourth-order valence-corrected chi connectivity index (χ4v) is 7.43. The van der Waals surface area contributed by atoms with Crippen molar-refractivity contribution >= 4 is 48.8 Å². The van der Waals surface area contributed by atoms with Gasteiger partial charge in [0, 0.05) is 17.6 Å². The molecule has 1 atom stereocenters. The summed E-state index contributed by atoms with van der Waals surface area (Å²) in [5.74, 6) is -1.32. The van der Waals surface area contributed by atoms with Crippen molar-refractivity contribution in [2.75, 3.05) is 11.5 Å². The molecular formula is C24H23Cl2N3O5S2. The standard InChI is InChI=1S/C24H23Cl2N3O5S2/c1-16-6-2-3-8-18(16)14-36(33,34)24-27-12-21(26)22(28-24)23(30)29(19-10-11-35(31,32)15-19)13-17-7-4-5-9-20(17)25/h2-9,12,19H,10-11,13-15H2,1H3. The van der Waals surface area contributed by atoms with Crippen LogP contribution in [0.3, 0.4) is 0 Å². The number of nitrogens with zero attached hydrogens (tertiary/aromatic N) is 3. The summed E-state index contributed by atoms with van der Waals surface area (Å²) in [5.41, 5.74) is 1.67. The Morgan fingerprint density at radius 3 is 2.36 bits per heavy atom. The quantitative estimate of drug-likeness (QED) is 0.397. The zero-order valence-electron chi connectivity index (χ0n) is 19.3. The van der Waals surface area contributed by atoms with Crippen molar-refractivity contribution < 1.29 is 21.6 Å². The number of rotatable bonds is 7. The van der Waals surface area contributed by atoms with Gasteiger partial charge in [-0.05, 0) is 36.1 Å². The van der Waals surface area contributed by atoms with Crippen LogP contribution >= 0.6 is 23.2 Å². The molecule has 0 spiro atoms. The molecule has 3 aromatic rings. The number of carbonyl (C=O) groups is 1. The third-order valence-corrected chi connectivity index (χ3v) is 9.86. The number of hydrogen-bond acceptors (Lipinski definition) is 7. The Morgan fingerprint density at radius 1 is 1.06 bits per heavy atom. The van der Waals surface area contributed by atoms with Crippen LogP contribution in [0, 0.1) is 6.92 Å². The largest absolute Gasteiger partial charge is 0.329 e. The van der Waals surface area contributed by atoms with Gasteiger partial charge in [0.1, 0.15) is 0 Å². The molecule has 2 heterocycles. The summed E-state index contributed by atoms with van der Waals surface area (Å²) < 4.78 is 50.6. The first-order valence-corrected chi connectivity index (χ1v) is 15.2. The van der Waals surface area contributed by atoms with E-state index in [1.807, 2.05) is 0 Å². The van der Waals surface area contributed by atoms with Crippen molar-refractivity contribution in [2.45, 2.75) is 36.8 Å². The van der Waals surface area contributed by atoms with E-state index in [4.69, 9.17) is 23.2 Å². The molecule has 1 saturated heterocycles. The zero-order valence-corrected chi connectivity index (χ0v) is 22.4. The van der Waals surface area contributed by atoms with Crippen LogP contribution in [-0.4, -0.2) is 55.2 Å². The van der Waals surface area contributed by atoms with Crippen LogP contribution in [-0.2, 0) is 32.0 Å². The highest BCUT2D eigenvalue weighted by atomic mass is 35.5. The summed E-state index contributed by atoms with van der Waals surface area (Å²) in [6, 6.07) is 13.3. The van der Waals surface area contributed by atoms with Gasteiger partial charge < -0.3 is 4.90 Å². The zero-order chi connectivity index (χ0) is 26.1. The lowest BCUT2D eigenvalue weighted by atomic mass is 10.1. The SMILES string of the molecule is Cc1ccccc1CS(=O)(=O)c1ncc(Cl)c(C(=O)N(Cc2ccccc2Cl)C2CCS(=O)(=O)C2)n1. The van der Waals surface area contributed by atoms with E-state index in [1.54, 1.807) is 55.5 Å². The molecule has 12 heteroatoms. The molecule has 1 unspecified atom stereocenters. The molecule has 1 amide bonds. The van der Waals surface area contributed by atoms with Gasteiger partial charge in [-0.25, -0.2) is 26.8 Å². The Balaban J connectivity index is 1.71. The lowest BCUT2D eigenvalue weighted by molar-refractivity contribution is 0.0674. The lowest BCUT2D eigenvalue weighted by Crippen LogP contribution is -2.41. The second-order valence-electron chi connectivity index (χ2n) is 8.62. The van der Waals surface area contributed by atoms with Gasteiger partial charge in [-0.1, -0.05) is 65.7 Å². The normalized spacial score (nSPS) is 17.1. The van der Waals surface area contributed by atoms with Crippen molar-refractivity contribution in [3.8, 4) is 0 Å². The third-order valence-electron chi connectivity index (χ3n) is 6.02. The first-order chi connectivity index (χ1) is 17.0. The molecule has 0 aliphatic carbocycles. The minimum Gasteiger partial charge on any atom is -0.329 e. The van der Waals surface area contributed by atoms with E-state index in [0.29, 0.717) is 16.1 Å². The van der Waals surface area contributed by atoms with Crippen LogP contribution in [0.1, 0.15) is 33.6 Å². The highest BCUT2D eigenvalue weighted by Crippen LogP contribution is 2.27. The van der Waals surface area contributed by atoms with Crippen LogP contribution in [0.15, 0.2) is 59.9 Å². The van der Waals surface area contributed by atoms with Gasteiger partial charge in [0.2, 0.25) is 15.0 Å². The van der Waals surface area contributed by atoms with E-state index < -0.39 is 36.8 Å². The number of sulfone groups is 2. The summed E-state index contributed by atoms with van der Waals surface area (Å²) in [6.45, 7) is 1.80. The number of halogens is 2. The number of hydrogen-bond donors (Lipinski definition) is 0. The topological polar surface area (TPSA) is 114 Å². The van der Waals surface area contributed by atoms with Crippen molar-refractivity contribution in [1.29, 1.82) is 0 Å². The fraction of sp³-hybridized carbons (Fsp3) is 0.292. The van der Waals surface area contributed by atoms with Gasteiger partial charge in [0.15, 0.2) is 15.5 Å². The molecule has 1 fully saturated rings. The first kappa shape index (κ1) is 26.5. The van der Waals surface area contributed by atoms with Crippen molar-refractivity contribution in [2.24, 2.45) is 0 Å². The van der Waals surface area contributed by atoms with Crippen LogP contribution in [0.2, 0.25) is 10.0 Å². The Bertz CT molecular complexity index is 1530. The summed E-state index contributed by atoms with van der Waals surface area (Å²) in [7, 11) is -7.33. The Kier molecular flexibility index (Phi) is 7.70. The van der Waals surface area contributed by atoms with Gasteiger partial charge in [0.25, 0.3) is 5.91 Å². The number of aryl methyl sites for hydroxylation is 1. The predicted molar refractivity (Wildman–Crippen MR) is 137 cm³/mol. The second kappa shape index (κ2) is 10.5. The minimum atomic E-state index is -4.01. The number of aromatic nitrogens is 2. The number of carbonyl (C=O) groups excluding carboxylic acids is 1. The molecule has 190 valence electrons. The molecule has 2 aromatic carbocycles. The van der Waals surface area contributed by atoms with Crippen molar-refractivity contribution in [1.82, 2.24) is 14.9 Å². The maximum absolute atomic E-state index is 13.7. The summed E-state index contributed by atoms with van der Waals surface area (Å²) in [4.78, 5) is 23.0. The van der Waals surface area contributed by atoms with Gasteiger partial charge in [-0.3, -0.25) is 4.79 Å². The van der Waals surface area contributed by atoms with E-state index in [0.717, 1.165) is 11.8 Å². The van der Waals surface area contributed by atoms with Crippen molar-refractivity contribution in [3.63, 3.8) is 0 Å². The fourth-order valence-electron chi connectivity index (χ4n) is 4.03. The Hall–Kier alpha value is -2.53. The molecule has 1 aliphatic rings. The molecule has 0 saturated carbocycles. The van der Waals surface area contributed by atoms with E-state index in [1.165, 1.54) is 4.90 Å². The predicted octanol–water partition coefficient (Wildman–Crippen LogP) is 3.90. The van der Waals surface area contributed by atoms with Gasteiger partial charge in [0.05, 0.1) is 28.5 Å². The van der Waals surface area contributed by atoms with E-state index in [9.17, 15) is 21.6 Å². The summed E-state index contributed by atoms with van der Waals surface area (Å²) >= 11 is 12.6. The van der Waals surface area contributed by atoms with Crippen LogP contribution in [0.25, 0.3) is 0 Å². The van der Waals surface area contributed by atoms with Gasteiger partial charge >= 0.3 is 0 Å². The smallest absolute Gasteiger partial charge is 0.274 e. The first-order valence-electron chi connectivity index (χ1n) is 11.0. The third kappa shape index (κ3) is 5.88. The van der Waals surface area contributed by atoms with E-state index >= 15 is 0 Å². The average molecular weight is 569 g/mol. The molecule has 0 N–H and O–H groups in total. The van der Waals surface area contributed by atoms with Crippen LogP contribution in [0.5, 0.6) is 0 Å². The highest BCUT2D eigenvalue weighted by molar-refractivity contribution is 7.91. The van der Waals surface area contributed by atoms with E-state index in [-0.39, 0.29) is 40.9 Å². The van der Waals surface area contributed by atoms with E-state index in [2.05, 4.69) is 9.97 Å². The minimum absolute atomic E-state index is 0.00428. The molecule has 36 heavy (non-hydrogen) atoms. The number of benzene rings is 2. The molecular weight excluding hydrogens is 545 g/mol. The highest BCUT2D eigenvalue weighted by Gasteiger charge is 2.37. The molecule has 0 radical (unpaired) electrons. The Labute approximate surface area is 220 Å². The number of amides is 1. The molecule has 1 aliphatic heterocycles. The summed E-state index contributed by atoms with van der Waals surface area (Å²) in [6.07, 6.45) is 1.31. The van der Waals surface area contributed by atoms with Crippen molar-refractivity contribution in [3.05, 3.63) is 87.2 Å². The van der Waals surface area contributed by atoms with Crippen LogP contribution in [0.4, 0.5) is 0 Å². The monoisotopic (exact) mass is 567 g/mol. The Morgan fingerprint density at radius 2 is 1.72 bits per heavy atom.